The number of halogens is 1. The smallest absolute Gasteiger partial charge is 0.241 e. The van der Waals surface area contributed by atoms with Crippen LogP contribution in [0.2, 0.25) is 0 Å². The van der Waals surface area contributed by atoms with Gasteiger partial charge in [-0.3, -0.25) is 9.69 Å². The summed E-state index contributed by atoms with van der Waals surface area (Å²) < 4.78 is 26.2. The van der Waals surface area contributed by atoms with Gasteiger partial charge in [0.1, 0.15) is 0 Å². The quantitative estimate of drug-likeness (QED) is 0.828. The van der Waals surface area contributed by atoms with Crippen molar-refractivity contribution >= 4 is 28.2 Å². The largest absolute Gasteiger partial charge is 0.322 e. The molecule has 1 unspecified atom stereocenters. The second-order valence-electron chi connectivity index (χ2n) is 6.69. The van der Waals surface area contributed by atoms with Crippen LogP contribution < -0.4 is 5.32 Å². The zero-order chi connectivity index (χ0) is 17.9. The van der Waals surface area contributed by atoms with Crippen molar-refractivity contribution in [1.82, 2.24) is 15.1 Å². The van der Waals surface area contributed by atoms with E-state index in [1.54, 1.807) is 35.2 Å². The minimum absolute atomic E-state index is 0. The van der Waals surface area contributed by atoms with Crippen molar-refractivity contribution in [2.24, 2.45) is 0 Å². The second kappa shape index (κ2) is 9.17. The average molecular weight is 402 g/mol. The Morgan fingerprint density at radius 2 is 1.92 bits per heavy atom. The third-order valence-corrected chi connectivity index (χ3v) is 7.28. The molecule has 26 heavy (non-hydrogen) atoms. The van der Waals surface area contributed by atoms with E-state index in [1.807, 2.05) is 0 Å². The molecule has 0 radical (unpaired) electrons. The molecule has 1 N–H and O–H groups in total. The fraction of sp³-hybridized carbons (Fsp3) is 0.611. The van der Waals surface area contributed by atoms with Gasteiger partial charge in [0.2, 0.25) is 15.7 Å². The van der Waals surface area contributed by atoms with Crippen molar-refractivity contribution in [1.29, 1.82) is 0 Å². The van der Waals surface area contributed by atoms with E-state index in [0.29, 0.717) is 13.1 Å². The van der Waals surface area contributed by atoms with Gasteiger partial charge < -0.3 is 10.2 Å². The molecule has 2 atom stereocenters. The van der Waals surface area contributed by atoms with Crippen molar-refractivity contribution < 1.29 is 13.2 Å². The lowest BCUT2D eigenvalue weighted by Gasteiger charge is -2.41. The van der Waals surface area contributed by atoms with Gasteiger partial charge in [0.25, 0.3) is 0 Å². The Morgan fingerprint density at radius 3 is 2.62 bits per heavy atom. The summed E-state index contributed by atoms with van der Waals surface area (Å²) in [5.74, 6) is -0.0347. The topological polar surface area (TPSA) is 69.7 Å². The molecule has 0 bridgehead atoms. The van der Waals surface area contributed by atoms with Crippen molar-refractivity contribution in [3.05, 3.63) is 30.3 Å². The van der Waals surface area contributed by atoms with Gasteiger partial charge in [0.15, 0.2) is 5.37 Å². The van der Waals surface area contributed by atoms with E-state index >= 15 is 0 Å². The van der Waals surface area contributed by atoms with Crippen LogP contribution in [0.4, 0.5) is 0 Å². The zero-order valence-corrected chi connectivity index (χ0v) is 16.8. The molecule has 146 valence electrons. The summed E-state index contributed by atoms with van der Waals surface area (Å²) in [6.45, 7) is 5.13. The molecule has 6 nitrogen and oxygen atoms in total. The molecular weight excluding hydrogens is 374 g/mol. The van der Waals surface area contributed by atoms with Gasteiger partial charge in [0.05, 0.1) is 10.9 Å². The molecule has 0 aromatic heterocycles. The number of hydrogen-bond donors (Lipinski definition) is 1. The number of carbonyl (C=O) groups excluding carboxylic acids is 1. The van der Waals surface area contributed by atoms with Gasteiger partial charge in [-0.05, 0) is 38.1 Å². The first-order valence-electron chi connectivity index (χ1n) is 9.10. The summed E-state index contributed by atoms with van der Waals surface area (Å²) in [6, 6.07) is 8.24. The number of piperidine rings is 1. The maximum Gasteiger partial charge on any atom is 0.241 e. The molecule has 1 aromatic rings. The van der Waals surface area contributed by atoms with Gasteiger partial charge in [-0.1, -0.05) is 31.5 Å². The molecule has 2 aliphatic heterocycles. The van der Waals surface area contributed by atoms with Crippen molar-refractivity contribution in [2.45, 2.75) is 42.5 Å². The van der Waals surface area contributed by atoms with E-state index in [1.165, 1.54) is 0 Å². The summed E-state index contributed by atoms with van der Waals surface area (Å²) in [6.07, 6.45) is 2.94. The Bertz CT molecular complexity index is 699. The highest BCUT2D eigenvalue weighted by atomic mass is 35.5. The minimum Gasteiger partial charge on any atom is -0.322 e. The average Bonchev–Trinajstić information content (AvgIpc) is 2.68. The third-order valence-electron chi connectivity index (χ3n) is 5.21. The highest BCUT2D eigenvalue weighted by Crippen LogP contribution is 2.24. The lowest BCUT2D eigenvalue weighted by atomic mass is 10.0. The van der Waals surface area contributed by atoms with E-state index in [2.05, 4.69) is 17.1 Å². The molecule has 0 saturated carbocycles. The van der Waals surface area contributed by atoms with Crippen LogP contribution in [0.1, 0.15) is 26.2 Å². The molecule has 3 rings (SSSR count). The van der Waals surface area contributed by atoms with Crippen molar-refractivity contribution in [3.8, 4) is 0 Å². The summed E-state index contributed by atoms with van der Waals surface area (Å²) in [4.78, 5) is 17.3. The predicted octanol–water partition coefficient (Wildman–Crippen LogP) is 1.51. The Balaban J connectivity index is 0.00000243. The number of sulfone groups is 1. The van der Waals surface area contributed by atoms with Crippen LogP contribution in [0.3, 0.4) is 0 Å². The van der Waals surface area contributed by atoms with Crippen molar-refractivity contribution in [2.75, 3.05) is 32.7 Å². The monoisotopic (exact) mass is 401 g/mol. The van der Waals surface area contributed by atoms with Gasteiger partial charge in [-0.25, -0.2) is 8.42 Å². The lowest BCUT2D eigenvalue weighted by Crippen LogP contribution is -2.61. The van der Waals surface area contributed by atoms with E-state index in [9.17, 15) is 13.2 Å². The summed E-state index contributed by atoms with van der Waals surface area (Å²) in [7, 11) is -3.60. The molecule has 2 aliphatic rings. The highest BCUT2D eigenvalue weighted by molar-refractivity contribution is 7.92. The third kappa shape index (κ3) is 4.22. The van der Waals surface area contributed by atoms with Crippen LogP contribution in [0.5, 0.6) is 0 Å². The number of hydrogen-bond acceptors (Lipinski definition) is 5. The fourth-order valence-corrected chi connectivity index (χ4v) is 5.55. The SMILES string of the molecule is CCN1CCCC[C@H]1C(=O)N1CCNCC1S(=O)(=O)c1ccccc1.Cl. The summed E-state index contributed by atoms with van der Waals surface area (Å²) >= 11 is 0. The number of likely N-dealkylation sites (N-methyl/N-ethyl adjacent to an activating group) is 1. The van der Waals surface area contributed by atoms with E-state index in [4.69, 9.17) is 0 Å². The van der Waals surface area contributed by atoms with Crippen LogP contribution in [-0.4, -0.2) is 68.3 Å². The Kier molecular flexibility index (Phi) is 7.46. The number of likely N-dealkylation sites (tertiary alicyclic amines) is 1. The van der Waals surface area contributed by atoms with E-state index in [-0.39, 0.29) is 35.8 Å². The second-order valence-corrected chi connectivity index (χ2v) is 8.79. The first-order valence-corrected chi connectivity index (χ1v) is 10.6. The molecule has 2 heterocycles. The van der Waals surface area contributed by atoms with Crippen LogP contribution in [0.15, 0.2) is 35.2 Å². The van der Waals surface area contributed by atoms with Gasteiger partial charge in [-0.2, -0.15) is 0 Å². The molecule has 1 amide bonds. The molecular formula is C18H28ClN3O3S. The molecule has 0 spiro atoms. The standard InChI is InChI=1S/C18H27N3O3S.ClH/c1-2-20-12-7-6-10-16(20)18(22)21-13-11-19-14-17(21)25(23,24)15-8-4-3-5-9-15;/h3-5,8-9,16-17,19H,2,6-7,10-14H2,1H3;1H/t16-,17?;/m0./s1. The highest BCUT2D eigenvalue weighted by Gasteiger charge is 2.41. The maximum atomic E-state index is 13.2. The molecule has 2 saturated heterocycles. The van der Waals surface area contributed by atoms with Crippen LogP contribution in [0.25, 0.3) is 0 Å². The van der Waals surface area contributed by atoms with E-state index in [0.717, 1.165) is 32.4 Å². The number of rotatable bonds is 4. The Labute approximate surface area is 162 Å². The number of nitrogens with zero attached hydrogens (tertiary/aromatic N) is 2. The van der Waals surface area contributed by atoms with Crippen LogP contribution >= 0.6 is 12.4 Å². The molecule has 8 heteroatoms. The maximum absolute atomic E-state index is 13.2. The molecule has 2 fully saturated rings. The normalized spacial score (nSPS) is 24.7. The van der Waals surface area contributed by atoms with Crippen LogP contribution in [-0.2, 0) is 14.6 Å². The van der Waals surface area contributed by atoms with Gasteiger partial charge >= 0.3 is 0 Å². The number of nitrogens with one attached hydrogen (secondary N) is 1. The first kappa shape index (κ1) is 21.2. The van der Waals surface area contributed by atoms with E-state index < -0.39 is 15.2 Å². The van der Waals surface area contributed by atoms with Gasteiger partial charge in [-0.15, -0.1) is 12.4 Å². The Morgan fingerprint density at radius 1 is 1.19 bits per heavy atom. The Hall–Kier alpha value is -1.15. The predicted molar refractivity (Wildman–Crippen MR) is 104 cm³/mol. The molecule has 0 aliphatic carbocycles. The lowest BCUT2D eigenvalue weighted by molar-refractivity contribution is -0.139. The number of carbonyl (C=O) groups is 1. The number of piperazine rings is 1. The summed E-state index contributed by atoms with van der Waals surface area (Å²) in [5.41, 5.74) is 0. The number of amides is 1. The van der Waals surface area contributed by atoms with Gasteiger partial charge in [0, 0.05) is 19.6 Å². The first-order chi connectivity index (χ1) is 12.1. The summed E-state index contributed by atoms with van der Waals surface area (Å²) in [5, 5.41) is 2.30. The molecule has 1 aromatic carbocycles. The fourth-order valence-electron chi connectivity index (χ4n) is 3.82. The zero-order valence-electron chi connectivity index (χ0n) is 15.1. The minimum atomic E-state index is -3.60. The number of benzene rings is 1. The van der Waals surface area contributed by atoms with Crippen molar-refractivity contribution in [3.63, 3.8) is 0 Å². The van der Waals surface area contributed by atoms with Crippen LogP contribution in [0, 0.1) is 0 Å².